The normalized spacial score (nSPS) is 18.2. The van der Waals surface area contributed by atoms with Crippen LogP contribution in [0.5, 0.6) is 0 Å². The van der Waals surface area contributed by atoms with Crippen LogP contribution in [0.2, 0.25) is 5.02 Å². The first-order valence-corrected chi connectivity index (χ1v) is 16.0. The number of carbonyl (C=O) groups is 2. The molecule has 1 N–H and O–H groups in total. The second-order valence-electron chi connectivity index (χ2n) is 11.8. The van der Waals surface area contributed by atoms with Crippen molar-refractivity contribution in [2.24, 2.45) is 11.8 Å². The second-order valence-corrected chi connectivity index (χ2v) is 13.1. The Labute approximate surface area is 264 Å². The molecule has 0 saturated carbocycles. The van der Waals surface area contributed by atoms with Gasteiger partial charge in [-0.25, -0.2) is 0 Å². The highest BCUT2D eigenvalue weighted by Gasteiger charge is 2.62. The van der Waals surface area contributed by atoms with Crippen LogP contribution in [0.1, 0.15) is 52.9 Å². The van der Waals surface area contributed by atoms with Crippen LogP contribution < -0.4 is 4.90 Å². The molecule has 0 unspecified atom stereocenters. The maximum atomic E-state index is 14.0. The minimum Gasteiger partial charge on any atom is -0.371 e. The molecule has 44 heavy (non-hydrogen) atoms. The first-order chi connectivity index (χ1) is 21.0. The van der Waals surface area contributed by atoms with Crippen molar-refractivity contribution in [3.63, 3.8) is 0 Å². The molecule has 0 bridgehead atoms. The highest BCUT2D eigenvalue weighted by Crippen LogP contribution is 2.41. The molecular weight excluding hydrogens is 613 g/mol. The molecule has 7 nitrogen and oxygen atoms in total. The van der Waals surface area contributed by atoms with Crippen molar-refractivity contribution >= 4 is 40.4 Å². The highest BCUT2D eigenvalue weighted by atomic mass is 35.5. The Hall–Kier alpha value is -3.15. The molecule has 2 aliphatic heterocycles. The predicted molar refractivity (Wildman–Crippen MR) is 165 cm³/mol. The van der Waals surface area contributed by atoms with Crippen molar-refractivity contribution < 1.29 is 27.9 Å². The maximum absolute atomic E-state index is 14.0. The topological polar surface area (TPSA) is 77.0 Å². The van der Waals surface area contributed by atoms with E-state index in [0.717, 1.165) is 59.9 Å². The van der Waals surface area contributed by atoms with Crippen molar-refractivity contribution in [1.29, 1.82) is 0 Å². The van der Waals surface area contributed by atoms with E-state index in [1.54, 1.807) is 35.8 Å². The summed E-state index contributed by atoms with van der Waals surface area (Å²) in [4.78, 5) is 36.1. The molecule has 0 spiro atoms. The van der Waals surface area contributed by atoms with Gasteiger partial charge in [0.1, 0.15) is 0 Å². The van der Waals surface area contributed by atoms with Gasteiger partial charge in [0.05, 0.1) is 22.6 Å². The van der Waals surface area contributed by atoms with E-state index < -0.39 is 23.2 Å². The third-order valence-electron chi connectivity index (χ3n) is 8.87. The van der Waals surface area contributed by atoms with Crippen molar-refractivity contribution in [1.82, 2.24) is 14.8 Å². The van der Waals surface area contributed by atoms with Crippen LogP contribution in [0.3, 0.4) is 0 Å². The summed E-state index contributed by atoms with van der Waals surface area (Å²) in [5.41, 5.74) is -0.857. The highest BCUT2D eigenvalue weighted by molar-refractivity contribution is 7.09. The number of piperidine rings is 2. The minimum atomic E-state index is -5.13. The SMILES string of the molecule is CN(Cc1cncs1)C(=O)c1ccc(N2CCC(CC3CCN(C(=O)[C@@](O)(c4ccccc4)C(F)(F)F)CC3)CC2)cc1Cl. The first-order valence-electron chi connectivity index (χ1n) is 14.8. The lowest BCUT2D eigenvalue weighted by molar-refractivity contribution is -0.262. The van der Waals surface area contributed by atoms with Gasteiger partial charge in [0, 0.05) is 55.6 Å². The molecule has 236 valence electrons. The number of rotatable bonds is 8. The summed E-state index contributed by atoms with van der Waals surface area (Å²) in [6, 6.07) is 12.1. The molecule has 1 aromatic heterocycles. The van der Waals surface area contributed by atoms with E-state index in [0.29, 0.717) is 41.8 Å². The Morgan fingerprint density at radius 1 is 1.02 bits per heavy atom. The molecule has 1 atom stereocenters. The molecule has 3 aromatic rings. The van der Waals surface area contributed by atoms with Gasteiger partial charge in [0.25, 0.3) is 17.4 Å². The zero-order valence-corrected chi connectivity index (χ0v) is 26.0. The molecule has 0 radical (unpaired) electrons. The molecule has 2 aliphatic rings. The van der Waals surface area contributed by atoms with Crippen LogP contribution >= 0.6 is 22.9 Å². The third-order valence-corrected chi connectivity index (χ3v) is 9.94. The number of aromatic nitrogens is 1. The third kappa shape index (κ3) is 6.89. The van der Waals surface area contributed by atoms with Crippen LogP contribution in [0, 0.1) is 11.8 Å². The predicted octanol–water partition coefficient (Wildman–Crippen LogP) is 6.36. The zero-order chi connectivity index (χ0) is 31.5. The number of nitrogens with zero attached hydrogens (tertiary/aromatic N) is 4. The fraction of sp³-hybridized carbons (Fsp3) is 0.469. The summed E-state index contributed by atoms with van der Waals surface area (Å²) in [5, 5.41) is 11.1. The van der Waals surface area contributed by atoms with E-state index in [9.17, 15) is 27.9 Å². The zero-order valence-electron chi connectivity index (χ0n) is 24.5. The number of thiazole rings is 1. The number of hydrogen-bond acceptors (Lipinski definition) is 6. The monoisotopic (exact) mass is 648 g/mol. The Kier molecular flexibility index (Phi) is 9.86. The number of anilines is 1. The first kappa shape index (κ1) is 32.2. The number of halogens is 4. The van der Waals surface area contributed by atoms with E-state index in [4.69, 9.17) is 11.6 Å². The lowest BCUT2D eigenvalue weighted by Crippen LogP contribution is -2.57. The lowest BCUT2D eigenvalue weighted by Gasteiger charge is -2.40. The van der Waals surface area contributed by atoms with Gasteiger partial charge >= 0.3 is 6.18 Å². The van der Waals surface area contributed by atoms with Gasteiger partial charge < -0.3 is 19.8 Å². The lowest BCUT2D eigenvalue weighted by atomic mass is 9.82. The molecule has 12 heteroatoms. The number of alkyl halides is 3. The van der Waals surface area contributed by atoms with Gasteiger partial charge in [-0.2, -0.15) is 13.2 Å². The fourth-order valence-corrected chi connectivity index (χ4v) is 7.19. The number of benzene rings is 2. The van der Waals surface area contributed by atoms with Gasteiger partial charge in [-0.1, -0.05) is 41.9 Å². The summed E-state index contributed by atoms with van der Waals surface area (Å²) in [6.07, 6.45) is 0.729. The van der Waals surface area contributed by atoms with Crippen LogP contribution in [-0.4, -0.2) is 71.1 Å². The largest absolute Gasteiger partial charge is 0.430 e. The smallest absolute Gasteiger partial charge is 0.371 e. The van der Waals surface area contributed by atoms with Gasteiger partial charge in [-0.15, -0.1) is 11.3 Å². The second kappa shape index (κ2) is 13.5. The van der Waals surface area contributed by atoms with E-state index in [2.05, 4.69) is 9.88 Å². The van der Waals surface area contributed by atoms with E-state index in [-0.39, 0.29) is 19.0 Å². The number of aliphatic hydroxyl groups is 1. The van der Waals surface area contributed by atoms with Crippen LogP contribution in [0.15, 0.2) is 60.2 Å². The molecule has 3 heterocycles. The number of amides is 2. The Morgan fingerprint density at radius 3 is 2.23 bits per heavy atom. The molecular formula is C32H36ClF3N4O3S. The van der Waals surface area contributed by atoms with Gasteiger partial charge in [-0.3, -0.25) is 14.6 Å². The van der Waals surface area contributed by atoms with Crippen molar-refractivity contribution in [2.75, 3.05) is 38.1 Å². The molecule has 2 aromatic carbocycles. The molecule has 2 fully saturated rings. The minimum absolute atomic E-state index is 0.149. The summed E-state index contributed by atoms with van der Waals surface area (Å²) < 4.78 is 41.9. The Balaban J connectivity index is 1.11. The van der Waals surface area contributed by atoms with Crippen LogP contribution in [0.25, 0.3) is 0 Å². The quantitative estimate of drug-likeness (QED) is 0.308. The molecule has 2 saturated heterocycles. The van der Waals surface area contributed by atoms with Crippen LogP contribution in [-0.2, 0) is 16.9 Å². The van der Waals surface area contributed by atoms with E-state index in [1.807, 2.05) is 12.1 Å². The van der Waals surface area contributed by atoms with Crippen LogP contribution in [0.4, 0.5) is 18.9 Å². The van der Waals surface area contributed by atoms with Crippen molar-refractivity contribution in [3.05, 3.63) is 81.3 Å². The summed E-state index contributed by atoms with van der Waals surface area (Å²) in [5.74, 6) is -0.662. The molecule has 5 rings (SSSR count). The molecule has 2 amide bonds. The standard InChI is InChI=1S/C32H36ClF3N4O3S/c1-38(20-26-19-37-21-44-26)29(41)27-8-7-25(18-28(27)33)39-13-9-22(10-14-39)17-23-11-15-40(16-12-23)30(42)31(43,32(34,35)36)24-5-3-2-4-6-24/h2-8,18-19,21-23,43H,9-17,20H2,1H3/t31-/m0/s1. The summed E-state index contributed by atoms with van der Waals surface area (Å²) in [7, 11) is 1.74. The Bertz CT molecular complexity index is 1430. The Morgan fingerprint density at radius 2 is 1.66 bits per heavy atom. The average Bonchev–Trinajstić information content (AvgIpc) is 3.53. The van der Waals surface area contributed by atoms with Crippen molar-refractivity contribution in [3.8, 4) is 0 Å². The maximum Gasteiger partial charge on any atom is 0.430 e. The average molecular weight is 649 g/mol. The fourth-order valence-electron chi connectivity index (χ4n) is 6.29. The van der Waals surface area contributed by atoms with E-state index in [1.165, 1.54) is 23.5 Å². The van der Waals surface area contributed by atoms with Gasteiger partial charge in [-0.05, 0) is 62.1 Å². The number of hydrogen-bond donors (Lipinski definition) is 1. The van der Waals surface area contributed by atoms with Gasteiger partial charge in [0.15, 0.2) is 0 Å². The van der Waals surface area contributed by atoms with E-state index >= 15 is 0 Å². The van der Waals surface area contributed by atoms with Crippen molar-refractivity contribution in [2.45, 2.75) is 50.4 Å². The number of likely N-dealkylation sites (tertiary alicyclic amines) is 1. The summed E-state index contributed by atoms with van der Waals surface area (Å²) >= 11 is 8.05. The molecule has 0 aliphatic carbocycles. The number of carbonyl (C=O) groups excluding carboxylic acids is 2. The summed E-state index contributed by atoms with van der Waals surface area (Å²) in [6.45, 7) is 2.53. The van der Waals surface area contributed by atoms with Gasteiger partial charge in [0.2, 0.25) is 0 Å².